The fourth-order valence-corrected chi connectivity index (χ4v) is 4.63. The Labute approximate surface area is 195 Å². The van der Waals surface area contributed by atoms with Gasteiger partial charge in [-0.05, 0) is 44.0 Å². The fourth-order valence-electron chi connectivity index (χ4n) is 3.20. The molecule has 1 N–H and O–H groups in total. The molecule has 174 valence electrons. The van der Waals surface area contributed by atoms with Crippen LogP contribution in [0, 0.1) is 0 Å². The summed E-state index contributed by atoms with van der Waals surface area (Å²) in [7, 11) is -2.13. The minimum Gasteiger partial charge on any atom is -0.355 e. The molecule has 0 fully saturated rings. The van der Waals surface area contributed by atoms with Crippen LogP contribution in [0.4, 0.5) is 0 Å². The average molecular weight is 480 g/mol. The molecule has 0 unspecified atom stereocenters. The molecule has 2 rings (SSSR count). The Hall–Kier alpha value is -2.42. The van der Waals surface area contributed by atoms with Gasteiger partial charge in [0.05, 0.1) is 4.90 Å². The lowest BCUT2D eigenvalue weighted by atomic mass is 10.1. The highest BCUT2D eigenvalue weighted by Gasteiger charge is 2.27. The van der Waals surface area contributed by atoms with Crippen LogP contribution in [0.15, 0.2) is 59.5 Å². The van der Waals surface area contributed by atoms with E-state index in [1.54, 1.807) is 37.3 Å². The molecular weight excluding hydrogens is 450 g/mol. The van der Waals surface area contributed by atoms with Crippen LogP contribution in [0.3, 0.4) is 0 Å². The summed E-state index contributed by atoms with van der Waals surface area (Å²) in [5, 5.41) is 3.26. The number of sulfonamides is 1. The highest BCUT2D eigenvalue weighted by Crippen LogP contribution is 2.20. The Morgan fingerprint density at radius 3 is 2.31 bits per heavy atom. The van der Waals surface area contributed by atoms with E-state index in [-0.39, 0.29) is 36.2 Å². The Morgan fingerprint density at radius 2 is 1.69 bits per heavy atom. The third kappa shape index (κ3) is 6.79. The second-order valence-electron chi connectivity index (χ2n) is 7.43. The van der Waals surface area contributed by atoms with Gasteiger partial charge in [-0.3, -0.25) is 9.59 Å². The molecule has 0 aliphatic carbocycles. The molecule has 0 bridgehead atoms. The van der Waals surface area contributed by atoms with Crippen LogP contribution in [-0.2, 0) is 26.2 Å². The number of amides is 2. The van der Waals surface area contributed by atoms with Gasteiger partial charge in [-0.25, -0.2) is 12.7 Å². The van der Waals surface area contributed by atoms with Crippen molar-refractivity contribution < 1.29 is 18.0 Å². The van der Waals surface area contributed by atoms with Gasteiger partial charge in [0.1, 0.15) is 6.04 Å². The molecule has 2 amide bonds. The number of benzene rings is 2. The first-order valence-corrected chi connectivity index (χ1v) is 12.3. The Bertz CT molecular complexity index is 1010. The van der Waals surface area contributed by atoms with Crippen molar-refractivity contribution in [3.8, 4) is 0 Å². The van der Waals surface area contributed by atoms with Gasteiger partial charge >= 0.3 is 0 Å². The van der Waals surface area contributed by atoms with Crippen molar-refractivity contribution in [2.45, 2.75) is 44.2 Å². The molecule has 0 aromatic heterocycles. The predicted molar refractivity (Wildman–Crippen MR) is 126 cm³/mol. The van der Waals surface area contributed by atoms with Crippen molar-refractivity contribution in [2.75, 3.05) is 20.1 Å². The largest absolute Gasteiger partial charge is 0.355 e. The molecule has 2 aromatic carbocycles. The summed E-state index contributed by atoms with van der Waals surface area (Å²) in [6, 6.07) is 14.6. The SMILES string of the molecule is CCNC(=O)[C@H](C)N(Cc1ccccc1Cl)C(=O)CCCN(C)S(=O)(=O)c1ccccc1. The third-order valence-corrected chi connectivity index (χ3v) is 7.37. The maximum absolute atomic E-state index is 13.0. The molecule has 7 nitrogen and oxygen atoms in total. The van der Waals surface area contributed by atoms with Crippen molar-refractivity contribution >= 4 is 33.4 Å². The maximum Gasteiger partial charge on any atom is 0.242 e. The van der Waals surface area contributed by atoms with Gasteiger partial charge in [0, 0.05) is 38.1 Å². The zero-order valence-corrected chi connectivity index (χ0v) is 20.2. The van der Waals surface area contributed by atoms with Crippen LogP contribution in [0.1, 0.15) is 32.3 Å². The lowest BCUT2D eigenvalue weighted by Gasteiger charge is -2.29. The first kappa shape index (κ1) is 25.8. The summed E-state index contributed by atoms with van der Waals surface area (Å²) in [6.07, 6.45) is 0.422. The number of hydrogen-bond donors (Lipinski definition) is 1. The maximum atomic E-state index is 13.0. The number of hydrogen-bond acceptors (Lipinski definition) is 4. The molecule has 0 spiro atoms. The fraction of sp³-hybridized carbons (Fsp3) is 0.391. The highest BCUT2D eigenvalue weighted by molar-refractivity contribution is 7.89. The van der Waals surface area contributed by atoms with E-state index >= 15 is 0 Å². The first-order chi connectivity index (χ1) is 15.2. The summed E-state index contributed by atoms with van der Waals surface area (Å²) >= 11 is 6.26. The molecule has 0 aliphatic rings. The van der Waals surface area contributed by atoms with Crippen LogP contribution < -0.4 is 5.32 Å². The molecule has 1 atom stereocenters. The van der Waals surface area contributed by atoms with Crippen LogP contribution >= 0.6 is 11.6 Å². The van der Waals surface area contributed by atoms with Crippen molar-refractivity contribution in [1.82, 2.24) is 14.5 Å². The Morgan fingerprint density at radius 1 is 1.06 bits per heavy atom. The molecule has 9 heteroatoms. The Kier molecular flexibility index (Phi) is 9.68. The number of nitrogens with zero attached hydrogens (tertiary/aromatic N) is 2. The van der Waals surface area contributed by atoms with Crippen molar-refractivity contribution in [2.24, 2.45) is 0 Å². The van der Waals surface area contributed by atoms with Gasteiger partial charge in [0.25, 0.3) is 0 Å². The molecule has 32 heavy (non-hydrogen) atoms. The summed E-state index contributed by atoms with van der Waals surface area (Å²) < 4.78 is 26.5. The molecule has 0 aliphatic heterocycles. The smallest absolute Gasteiger partial charge is 0.242 e. The monoisotopic (exact) mass is 479 g/mol. The molecule has 2 aromatic rings. The second kappa shape index (κ2) is 12.0. The van der Waals surface area contributed by atoms with E-state index in [9.17, 15) is 18.0 Å². The van der Waals surface area contributed by atoms with Gasteiger partial charge in [-0.15, -0.1) is 0 Å². The quantitative estimate of drug-likeness (QED) is 0.535. The van der Waals surface area contributed by atoms with E-state index in [1.165, 1.54) is 28.4 Å². The molecule has 0 saturated heterocycles. The highest BCUT2D eigenvalue weighted by atomic mass is 35.5. The summed E-state index contributed by atoms with van der Waals surface area (Å²) in [6.45, 7) is 4.31. The molecular formula is C23H30ClN3O4S. The van der Waals surface area contributed by atoms with Crippen LogP contribution in [-0.4, -0.2) is 55.6 Å². The van der Waals surface area contributed by atoms with Gasteiger partial charge in [0.15, 0.2) is 0 Å². The van der Waals surface area contributed by atoms with Gasteiger partial charge in [0.2, 0.25) is 21.8 Å². The van der Waals surface area contributed by atoms with Crippen molar-refractivity contribution in [3.05, 3.63) is 65.2 Å². The van der Waals surface area contributed by atoms with E-state index in [0.29, 0.717) is 18.0 Å². The van der Waals surface area contributed by atoms with Gasteiger partial charge < -0.3 is 10.2 Å². The number of likely N-dealkylation sites (N-methyl/N-ethyl adjacent to an activating group) is 1. The topological polar surface area (TPSA) is 86.8 Å². The number of rotatable bonds is 11. The minimum atomic E-state index is -3.62. The van der Waals surface area contributed by atoms with E-state index in [1.807, 2.05) is 19.1 Å². The average Bonchev–Trinajstić information content (AvgIpc) is 2.78. The summed E-state index contributed by atoms with van der Waals surface area (Å²) in [5.41, 5.74) is 0.738. The number of halogens is 1. The van der Waals surface area contributed by atoms with E-state index in [0.717, 1.165) is 5.56 Å². The molecule has 0 heterocycles. The zero-order chi connectivity index (χ0) is 23.7. The van der Waals surface area contributed by atoms with Crippen LogP contribution in [0.5, 0.6) is 0 Å². The van der Waals surface area contributed by atoms with Crippen molar-refractivity contribution in [1.29, 1.82) is 0 Å². The van der Waals surface area contributed by atoms with Crippen molar-refractivity contribution in [3.63, 3.8) is 0 Å². The minimum absolute atomic E-state index is 0.100. The van der Waals surface area contributed by atoms with E-state index in [2.05, 4.69) is 5.32 Å². The number of carbonyl (C=O) groups excluding carboxylic acids is 2. The van der Waals surface area contributed by atoms with Crippen LogP contribution in [0.25, 0.3) is 0 Å². The van der Waals surface area contributed by atoms with Gasteiger partial charge in [-0.1, -0.05) is 48.0 Å². The molecule has 0 radical (unpaired) electrons. The van der Waals surface area contributed by atoms with E-state index in [4.69, 9.17) is 11.6 Å². The molecule has 0 saturated carbocycles. The second-order valence-corrected chi connectivity index (χ2v) is 9.88. The summed E-state index contributed by atoms with van der Waals surface area (Å²) in [5.74, 6) is -0.495. The third-order valence-electron chi connectivity index (χ3n) is 5.13. The van der Waals surface area contributed by atoms with Gasteiger partial charge in [-0.2, -0.15) is 0 Å². The number of nitrogens with one attached hydrogen (secondary N) is 1. The lowest BCUT2D eigenvalue weighted by molar-refractivity contribution is -0.140. The predicted octanol–water partition coefficient (Wildman–Crippen LogP) is 3.29. The van der Waals surface area contributed by atoms with E-state index < -0.39 is 16.1 Å². The Balaban J connectivity index is 2.07. The van der Waals surface area contributed by atoms with Crippen LogP contribution in [0.2, 0.25) is 5.02 Å². The normalized spacial score (nSPS) is 12.4. The zero-order valence-electron chi connectivity index (χ0n) is 18.6. The number of carbonyl (C=O) groups is 2. The lowest BCUT2D eigenvalue weighted by Crippen LogP contribution is -2.47. The first-order valence-electron chi connectivity index (χ1n) is 10.5. The standard InChI is InChI=1S/C23H30ClN3O4S/c1-4-25-23(29)18(2)27(17-19-11-8-9-14-21(19)24)22(28)15-10-16-26(3)32(30,31)20-12-6-5-7-13-20/h5-9,11-14,18H,4,10,15-17H2,1-3H3,(H,25,29)/t18-/m0/s1. The summed E-state index contributed by atoms with van der Waals surface area (Å²) in [4.78, 5) is 27.1.